The van der Waals surface area contributed by atoms with E-state index in [0.29, 0.717) is 5.03 Å². The van der Waals surface area contributed by atoms with Crippen molar-refractivity contribution >= 4 is 17.6 Å². The number of esters is 1. The molecular formula is C12H19ClO2. The zero-order valence-corrected chi connectivity index (χ0v) is 10.3. The molecule has 1 heterocycles. The minimum absolute atomic E-state index is 0.0452. The smallest absolute Gasteiger partial charge is 0.339 e. The molecule has 1 aliphatic rings. The molecule has 1 atom stereocenters. The van der Waals surface area contributed by atoms with Crippen LogP contribution in [-0.4, -0.2) is 12.1 Å². The van der Waals surface area contributed by atoms with Crippen molar-refractivity contribution in [1.82, 2.24) is 0 Å². The van der Waals surface area contributed by atoms with Gasteiger partial charge in [0.25, 0.3) is 0 Å². The molecule has 0 amide bonds. The van der Waals surface area contributed by atoms with Crippen molar-refractivity contribution in [3.05, 3.63) is 10.6 Å². The highest BCUT2D eigenvalue weighted by Crippen LogP contribution is 2.31. The third-order valence-corrected chi connectivity index (χ3v) is 3.10. The molecule has 1 unspecified atom stereocenters. The Kier molecular flexibility index (Phi) is 5.16. The van der Waals surface area contributed by atoms with Crippen LogP contribution in [0.1, 0.15) is 52.4 Å². The average Bonchev–Trinajstić information content (AvgIpc) is 2.20. The zero-order valence-electron chi connectivity index (χ0n) is 9.51. The number of hydrogen-bond acceptors (Lipinski definition) is 2. The van der Waals surface area contributed by atoms with Gasteiger partial charge in [0.1, 0.15) is 6.10 Å². The Morgan fingerprint density at radius 1 is 1.33 bits per heavy atom. The van der Waals surface area contributed by atoms with Crippen LogP contribution < -0.4 is 0 Å². The molecule has 0 bridgehead atoms. The molecule has 1 saturated heterocycles. The van der Waals surface area contributed by atoms with Crippen LogP contribution in [0.4, 0.5) is 0 Å². The van der Waals surface area contributed by atoms with Gasteiger partial charge in [-0.1, -0.05) is 44.7 Å². The van der Waals surface area contributed by atoms with Gasteiger partial charge in [0, 0.05) is 5.03 Å². The maximum atomic E-state index is 11.2. The van der Waals surface area contributed by atoms with E-state index in [9.17, 15) is 4.79 Å². The van der Waals surface area contributed by atoms with Crippen LogP contribution in [0.3, 0.4) is 0 Å². The summed E-state index contributed by atoms with van der Waals surface area (Å²) in [7, 11) is 0. The number of carbonyl (C=O) groups is 1. The van der Waals surface area contributed by atoms with Crippen LogP contribution in [0.5, 0.6) is 0 Å². The molecule has 0 aromatic rings. The molecule has 1 rings (SSSR count). The summed E-state index contributed by atoms with van der Waals surface area (Å²) in [6.07, 6.45) is 6.31. The Morgan fingerprint density at radius 2 is 2.07 bits per heavy atom. The molecule has 1 aliphatic heterocycles. The summed E-state index contributed by atoms with van der Waals surface area (Å²) in [5.41, 5.74) is 0.718. The first-order valence-corrected chi connectivity index (χ1v) is 6.18. The summed E-state index contributed by atoms with van der Waals surface area (Å²) >= 11 is 6.11. The molecule has 0 aromatic heterocycles. The lowest BCUT2D eigenvalue weighted by atomic mass is 10.00. The number of halogens is 1. The second-order valence-electron chi connectivity index (χ2n) is 3.93. The van der Waals surface area contributed by atoms with E-state index >= 15 is 0 Å². The molecule has 1 fully saturated rings. The molecule has 0 N–H and O–H groups in total. The van der Waals surface area contributed by atoms with Crippen molar-refractivity contribution in [2.45, 2.75) is 58.5 Å². The quantitative estimate of drug-likeness (QED) is 0.394. The fourth-order valence-electron chi connectivity index (χ4n) is 1.74. The first-order valence-electron chi connectivity index (χ1n) is 5.80. The van der Waals surface area contributed by atoms with Gasteiger partial charge in [0.15, 0.2) is 0 Å². The van der Waals surface area contributed by atoms with Crippen LogP contribution in [-0.2, 0) is 9.53 Å². The highest BCUT2D eigenvalue weighted by molar-refractivity contribution is 6.32. The Hall–Kier alpha value is -0.500. The Bertz CT molecular complexity index is 258. The van der Waals surface area contributed by atoms with E-state index in [1.54, 1.807) is 0 Å². The number of allylic oxidation sites excluding steroid dienone is 1. The number of carbonyl (C=O) groups excluding carboxylic acids is 1. The van der Waals surface area contributed by atoms with E-state index in [-0.39, 0.29) is 12.1 Å². The van der Waals surface area contributed by atoms with Gasteiger partial charge >= 0.3 is 5.97 Å². The largest absolute Gasteiger partial charge is 0.454 e. The lowest BCUT2D eigenvalue weighted by Gasteiger charge is -2.29. The van der Waals surface area contributed by atoms with Gasteiger partial charge in [0.2, 0.25) is 0 Å². The number of rotatable bonds is 6. The van der Waals surface area contributed by atoms with Gasteiger partial charge in [-0.15, -0.1) is 0 Å². The van der Waals surface area contributed by atoms with Gasteiger partial charge < -0.3 is 4.74 Å². The third kappa shape index (κ3) is 3.23. The van der Waals surface area contributed by atoms with Crippen LogP contribution in [0.2, 0.25) is 0 Å². The van der Waals surface area contributed by atoms with E-state index in [1.807, 2.05) is 6.92 Å². The first-order chi connectivity index (χ1) is 7.20. The Labute approximate surface area is 96.6 Å². The predicted molar refractivity (Wildman–Crippen MR) is 61.8 cm³/mol. The van der Waals surface area contributed by atoms with Gasteiger partial charge in [-0.3, -0.25) is 0 Å². The molecular weight excluding hydrogens is 212 g/mol. The first kappa shape index (κ1) is 12.6. The summed E-state index contributed by atoms with van der Waals surface area (Å²) in [5.74, 6) is -0.220. The van der Waals surface area contributed by atoms with Crippen LogP contribution >= 0.6 is 11.6 Å². The van der Waals surface area contributed by atoms with Crippen molar-refractivity contribution in [3.8, 4) is 0 Å². The Balaban J connectivity index is 2.39. The molecule has 0 aromatic carbocycles. The summed E-state index contributed by atoms with van der Waals surface area (Å²) in [6, 6.07) is 0. The van der Waals surface area contributed by atoms with E-state index in [1.165, 1.54) is 19.3 Å². The standard InChI is InChI=1S/C12H19ClO2/c1-3-5-6-7-8-9(13)11-10(4-2)15-12(11)14/h10H,3-8H2,1-2H3/b11-9-. The molecule has 0 spiro atoms. The summed E-state index contributed by atoms with van der Waals surface area (Å²) in [5, 5.41) is 0.717. The van der Waals surface area contributed by atoms with Crippen LogP contribution in [0, 0.1) is 0 Å². The van der Waals surface area contributed by atoms with E-state index < -0.39 is 0 Å². The second-order valence-corrected chi connectivity index (χ2v) is 4.39. The maximum absolute atomic E-state index is 11.2. The van der Waals surface area contributed by atoms with Crippen molar-refractivity contribution in [2.24, 2.45) is 0 Å². The van der Waals surface area contributed by atoms with Crippen molar-refractivity contribution in [1.29, 1.82) is 0 Å². The molecule has 0 saturated carbocycles. The molecule has 0 radical (unpaired) electrons. The fourth-order valence-corrected chi connectivity index (χ4v) is 2.07. The molecule has 86 valence electrons. The number of cyclic esters (lactones) is 1. The summed E-state index contributed by atoms with van der Waals surface area (Å²) in [4.78, 5) is 11.2. The maximum Gasteiger partial charge on any atom is 0.339 e. The fraction of sp³-hybridized carbons (Fsp3) is 0.750. The van der Waals surface area contributed by atoms with Crippen LogP contribution in [0.25, 0.3) is 0 Å². The highest BCUT2D eigenvalue weighted by atomic mass is 35.5. The molecule has 3 heteroatoms. The van der Waals surface area contributed by atoms with Gasteiger partial charge in [-0.2, -0.15) is 0 Å². The number of ether oxygens (including phenoxy) is 1. The molecule has 0 aliphatic carbocycles. The normalized spacial score (nSPS) is 23.4. The topological polar surface area (TPSA) is 26.3 Å². The second kappa shape index (κ2) is 6.16. The average molecular weight is 231 g/mol. The van der Waals surface area contributed by atoms with Crippen molar-refractivity contribution in [2.75, 3.05) is 0 Å². The van der Waals surface area contributed by atoms with E-state index in [4.69, 9.17) is 16.3 Å². The van der Waals surface area contributed by atoms with Gasteiger partial charge in [0.05, 0.1) is 5.57 Å². The monoisotopic (exact) mass is 230 g/mol. The molecule has 2 nitrogen and oxygen atoms in total. The van der Waals surface area contributed by atoms with Gasteiger partial charge in [-0.05, 0) is 19.3 Å². The third-order valence-electron chi connectivity index (χ3n) is 2.70. The highest BCUT2D eigenvalue weighted by Gasteiger charge is 2.36. The minimum atomic E-state index is -0.220. The van der Waals surface area contributed by atoms with Gasteiger partial charge in [-0.25, -0.2) is 4.79 Å². The summed E-state index contributed by atoms with van der Waals surface area (Å²) < 4.78 is 4.97. The number of unbranched alkanes of at least 4 members (excludes halogenated alkanes) is 3. The SMILES string of the molecule is CCCCCC/C(Cl)=C1/C(=O)OC1CC. The Morgan fingerprint density at radius 3 is 2.60 bits per heavy atom. The van der Waals surface area contributed by atoms with E-state index in [0.717, 1.165) is 24.8 Å². The van der Waals surface area contributed by atoms with Crippen molar-refractivity contribution in [3.63, 3.8) is 0 Å². The van der Waals surface area contributed by atoms with Crippen LogP contribution in [0.15, 0.2) is 10.6 Å². The van der Waals surface area contributed by atoms with Crippen molar-refractivity contribution < 1.29 is 9.53 Å². The number of hydrogen-bond donors (Lipinski definition) is 0. The van der Waals surface area contributed by atoms with E-state index in [2.05, 4.69) is 6.92 Å². The lowest BCUT2D eigenvalue weighted by Crippen LogP contribution is -2.36. The minimum Gasteiger partial charge on any atom is -0.454 e. The zero-order chi connectivity index (χ0) is 11.3. The summed E-state index contributed by atoms with van der Waals surface area (Å²) in [6.45, 7) is 4.18. The molecule has 15 heavy (non-hydrogen) atoms. The lowest BCUT2D eigenvalue weighted by molar-refractivity contribution is -0.156. The predicted octanol–water partition coefficient (Wildman–Crippen LogP) is 3.79.